The van der Waals surface area contributed by atoms with E-state index in [9.17, 15) is 9.59 Å². The Bertz CT molecular complexity index is 894. The Balaban J connectivity index is 1.64. The Morgan fingerprint density at radius 3 is 2.45 bits per heavy atom. The summed E-state index contributed by atoms with van der Waals surface area (Å²) in [5, 5.41) is 2.70. The average Bonchev–Trinajstić information content (AvgIpc) is 2.69. The van der Waals surface area contributed by atoms with Gasteiger partial charge in [-0.25, -0.2) is 4.79 Å². The first-order valence-electron chi connectivity index (χ1n) is 9.75. The highest BCUT2D eigenvalue weighted by Crippen LogP contribution is 2.25. The Morgan fingerprint density at radius 1 is 1.10 bits per heavy atom. The van der Waals surface area contributed by atoms with E-state index in [-0.39, 0.29) is 12.3 Å². The zero-order chi connectivity index (χ0) is 21.0. The molecule has 0 aliphatic carbocycles. The number of nitrogens with two attached hydrogens (primary N) is 1. The Labute approximate surface area is 180 Å². The molecule has 2 aromatic carbocycles. The monoisotopic (exact) mass is 458 g/mol. The summed E-state index contributed by atoms with van der Waals surface area (Å²) in [4.78, 5) is 28.6. The molecule has 1 fully saturated rings. The number of hydrogen-bond donors (Lipinski definition) is 2. The van der Waals surface area contributed by atoms with Gasteiger partial charge in [-0.05, 0) is 48.7 Å². The number of urea groups is 1. The fourth-order valence-corrected chi connectivity index (χ4v) is 4.14. The number of halogens is 1. The average molecular weight is 459 g/mol. The molecule has 3 rings (SSSR count). The second kappa shape index (κ2) is 9.31. The van der Waals surface area contributed by atoms with Gasteiger partial charge in [0, 0.05) is 36.3 Å². The van der Waals surface area contributed by atoms with Crippen LogP contribution in [0.2, 0.25) is 0 Å². The van der Waals surface area contributed by atoms with Crippen LogP contribution in [0.5, 0.6) is 0 Å². The second-order valence-electron chi connectivity index (χ2n) is 7.41. The first kappa shape index (κ1) is 21.2. The zero-order valence-electron chi connectivity index (χ0n) is 16.8. The lowest BCUT2D eigenvalue weighted by Gasteiger charge is -2.37. The van der Waals surface area contributed by atoms with Gasteiger partial charge in [0.15, 0.2) is 0 Å². The van der Waals surface area contributed by atoms with Crippen molar-refractivity contribution in [2.75, 3.05) is 31.1 Å². The highest BCUT2D eigenvalue weighted by molar-refractivity contribution is 9.10. The number of anilines is 1. The molecule has 3 N–H and O–H groups in total. The summed E-state index contributed by atoms with van der Waals surface area (Å²) < 4.78 is 0.890. The van der Waals surface area contributed by atoms with E-state index >= 15 is 0 Å². The van der Waals surface area contributed by atoms with E-state index in [2.05, 4.69) is 58.2 Å². The predicted molar refractivity (Wildman–Crippen MR) is 119 cm³/mol. The number of carbonyl (C=O) groups is 2. The molecule has 1 saturated heterocycles. The molecule has 2 aromatic rings. The molecule has 1 aliphatic heterocycles. The number of nitrogens with one attached hydrogen (secondary N) is 1. The molecule has 0 aromatic heterocycles. The smallest absolute Gasteiger partial charge is 0.312 e. The van der Waals surface area contributed by atoms with Crippen LogP contribution in [0.3, 0.4) is 0 Å². The summed E-state index contributed by atoms with van der Waals surface area (Å²) in [6, 6.07) is 12.8. The third-order valence-electron chi connectivity index (χ3n) is 5.50. The van der Waals surface area contributed by atoms with Crippen molar-refractivity contribution in [3.05, 3.63) is 63.6 Å². The number of primary amides is 1. The van der Waals surface area contributed by atoms with Gasteiger partial charge in [-0.2, -0.15) is 0 Å². The summed E-state index contributed by atoms with van der Waals surface area (Å²) in [6.07, 6.45) is 0.183. The number of amides is 3. The number of aryl methyl sites for hydroxylation is 1. The van der Waals surface area contributed by atoms with Gasteiger partial charge in [-0.15, -0.1) is 0 Å². The van der Waals surface area contributed by atoms with Gasteiger partial charge >= 0.3 is 6.03 Å². The van der Waals surface area contributed by atoms with E-state index in [0.717, 1.165) is 23.1 Å². The van der Waals surface area contributed by atoms with Gasteiger partial charge < -0.3 is 20.9 Å². The van der Waals surface area contributed by atoms with Crippen molar-refractivity contribution in [3.8, 4) is 0 Å². The molecule has 1 aliphatic rings. The van der Waals surface area contributed by atoms with Crippen LogP contribution in [-0.4, -0.2) is 43.0 Å². The second-order valence-corrected chi connectivity index (χ2v) is 8.32. The quantitative estimate of drug-likeness (QED) is 0.719. The van der Waals surface area contributed by atoms with E-state index in [1.807, 2.05) is 29.2 Å². The van der Waals surface area contributed by atoms with Crippen molar-refractivity contribution in [1.29, 1.82) is 0 Å². The molecule has 1 atom stereocenters. The topological polar surface area (TPSA) is 78.7 Å². The summed E-state index contributed by atoms with van der Waals surface area (Å²) in [5.41, 5.74) is 9.98. The maximum atomic E-state index is 12.9. The van der Waals surface area contributed by atoms with Crippen LogP contribution in [0.1, 0.15) is 29.2 Å². The van der Waals surface area contributed by atoms with Crippen molar-refractivity contribution in [3.63, 3.8) is 0 Å². The molecule has 0 radical (unpaired) electrons. The minimum absolute atomic E-state index is 0.0179. The van der Waals surface area contributed by atoms with Gasteiger partial charge in [0.05, 0.1) is 12.5 Å². The fourth-order valence-electron chi connectivity index (χ4n) is 3.73. The number of rotatable bonds is 5. The molecular formula is C22H27BrN4O2. The van der Waals surface area contributed by atoms with E-state index < -0.39 is 12.1 Å². The first-order chi connectivity index (χ1) is 13.8. The summed E-state index contributed by atoms with van der Waals surface area (Å²) in [7, 11) is 0. The molecule has 0 bridgehead atoms. The van der Waals surface area contributed by atoms with Crippen LogP contribution < -0.4 is 16.0 Å². The normalized spacial score (nSPS) is 15.1. The lowest BCUT2D eigenvalue weighted by atomic mass is 10.0. The number of nitrogens with zero attached hydrogens (tertiary/aromatic N) is 2. The van der Waals surface area contributed by atoms with E-state index in [1.54, 1.807) is 0 Å². The van der Waals surface area contributed by atoms with Crippen molar-refractivity contribution in [1.82, 2.24) is 10.2 Å². The molecule has 1 heterocycles. The van der Waals surface area contributed by atoms with Crippen molar-refractivity contribution >= 4 is 33.6 Å². The fraction of sp³-hybridized carbons (Fsp3) is 0.364. The number of hydrogen-bond acceptors (Lipinski definition) is 3. The highest BCUT2D eigenvalue weighted by atomic mass is 79.9. The summed E-state index contributed by atoms with van der Waals surface area (Å²) in [5.74, 6) is 0.0179. The maximum absolute atomic E-state index is 12.9. The van der Waals surface area contributed by atoms with Gasteiger partial charge in [0.25, 0.3) is 0 Å². The number of piperazine rings is 1. The Morgan fingerprint density at radius 2 is 1.79 bits per heavy atom. The molecular weight excluding hydrogens is 432 g/mol. The summed E-state index contributed by atoms with van der Waals surface area (Å²) in [6.45, 7) is 7.16. The first-order valence-corrected chi connectivity index (χ1v) is 10.5. The largest absolute Gasteiger partial charge is 0.368 e. The van der Waals surface area contributed by atoms with Gasteiger partial charge in [0.1, 0.15) is 0 Å². The van der Waals surface area contributed by atoms with Crippen LogP contribution in [0.25, 0.3) is 0 Å². The number of benzene rings is 2. The molecule has 0 spiro atoms. The van der Waals surface area contributed by atoms with E-state index in [0.29, 0.717) is 13.1 Å². The lowest BCUT2D eigenvalue weighted by molar-refractivity contribution is -0.132. The minimum atomic E-state index is -0.637. The van der Waals surface area contributed by atoms with Gasteiger partial charge in [-0.1, -0.05) is 40.2 Å². The van der Waals surface area contributed by atoms with Crippen molar-refractivity contribution in [2.45, 2.75) is 26.3 Å². The third kappa shape index (κ3) is 5.29. The van der Waals surface area contributed by atoms with Crippen molar-refractivity contribution < 1.29 is 9.59 Å². The number of carbonyl (C=O) groups excluding carboxylic acids is 2. The molecule has 29 heavy (non-hydrogen) atoms. The SMILES string of the molecule is Cc1cccc(N2CCN(C(=O)CC(NC(N)=O)c3cccc(Br)c3)CC2)c1C. The molecule has 1 unspecified atom stereocenters. The van der Waals surface area contributed by atoms with Crippen LogP contribution in [-0.2, 0) is 4.79 Å². The molecule has 154 valence electrons. The van der Waals surface area contributed by atoms with Crippen molar-refractivity contribution in [2.24, 2.45) is 5.73 Å². The highest BCUT2D eigenvalue weighted by Gasteiger charge is 2.25. The predicted octanol–water partition coefficient (Wildman–Crippen LogP) is 3.51. The Hall–Kier alpha value is -2.54. The minimum Gasteiger partial charge on any atom is -0.368 e. The molecule has 6 nitrogen and oxygen atoms in total. The third-order valence-corrected chi connectivity index (χ3v) is 5.99. The lowest BCUT2D eigenvalue weighted by Crippen LogP contribution is -2.49. The molecule has 0 saturated carbocycles. The van der Waals surface area contributed by atoms with E-state index in [1.165, 1.54) is 16.8 Å². The van der Waals surface area contributed by atoms with Crippen LogP contribution in [0, 0.1) is 13.8 Å². The summed E-state index contributed by atoms with van der Waals surface area (Å²) >= 11 is 3.43. The van der Waals surface area contributed by atoms with Gasteiger partial charge in [-0.3, -0.25) is 4.79 Å². The molecule has 7 heteroatoms. The van der Waals surface area contributed by atoms with Crippen LogP contribution >= 0.6 is 15.9 Å². The van der Waals surface area contributed by atoms with E-state index in [4.69, 9.17) is 5.73 Å². The maximum Gasteiger partial charge on any atom is 0.312 e. The zero-order valence-corrected chi connectivity index (χ0v) is 18.4. The van der Waals surface area contributed by atoms with Gasteiger partial charge in [0.2, 0.25) is 5.91 Å². The standard InChI is InChI=1S/C22H27BrN4O2/c1-15-5-3-8-20(16(15)2)26-9-11-27(12-10-26)21(28)14-19(25-22(24)29)17-6-4-7-18(23)13-17/h3-8,13,19H,9-12,14H2,1-2H3,(H3,24,25,29). The Kier molecular flexibility index (Phi) is 6.79. The van der Waals surface area contributed by atoms with Crippen LogP contribution in [0.15, 0.2) is 46.9 Å². The molecule has 3 amide bonds. The van der Waals surface area contributed by atoms with Crippen LogP contribution in [0.4, 0.5) is 10.5 Å².